The molecule has 0 unspecified atom stereocenters. The van der Waals surface area contributed by atoms with Crippen molar-refractivity contribution < 1.29 is 13.2 Å². The molecule has 0 aliphatic heterocycles. The third-order valence-electron chi connectivity index (χ3n) is 2.87. The fourth-order valence-corrected chi connectivity index (χ4v) is 1.04. The summed E-state index contributed by atoms with van der Waals surface area (Å²) in [6.45, 7) is 4.58. The van der Waals surface area contributed by atoms with E-state index < -0.39 is 11.9 Å². The van der Waals surface area contributed by atoms with Gasteiger partial charge in [0.25, 0.3) is 0 Å². The molecule has 7 heteroatoms. The van der Waals surface area contributed by atoms with Gasteiger partial charge < -0.3 is 10.2 Å². The predicted molar refractivity (Wildman–Crippen MR) is 63.3 cm³/mol. The van der Waals surface area contributed by atoms with Gasteiger partial charge in [-0.1, -0.05) is 0 Å². The van der Waals surface area contributed by atoms with E-state index >= 15 is 0 Å². The largest absolute Gasteiger partial charge is 0.435 e. The first-order valence-electron chi connectivity index (χ1n) is 5.45. The van der Waals surface area contributed by atoms with Crippen LogP contribution in [0.25, 0.3) is 0 Å². The number of halogens is 3. The van der Waals surface area contributed by atoms with Crippen molar-refractivity contribution in [3.05, 3.63) is 17.8 Å². The highest BCUT2D eigenvalue weighted by molar-refractivity contribution is 5.33. The quantitative estimate of drug-likeness (QED) is 0.903. The standard InChI is InChI=1S/C11H17F3N4/c1-10(2,18(3)4)7-15-9-6-5-8(16-17-9)11(12,13)14/h5-6H,7H2,1-4H3,(H,15,17). The fraction of sp³-hybridized carbons (Fsp3) is 0.636. The minimum Gasteiger partial charge on any atom is -0.367 e. The topological polar surface area (TPSA) is 41.0 Å². The number of rotatable bonds is 4. The lowest BCUT2D eigenvalue weighted by Gasteiger charge is -2.32. The van der Waals surface area contributed by atoms with Crippen LogP contribution in [0.2, 0.25) is 0 Å². The number of hydrogen-bond acceptors (Lipinski definition) is 4. The molecule has 102 valence electrons. The molecule has 0 atom stereocenters. The van der Waals surface area contributed by atoms with Crippen LogP contribution in [0.15, 0.2) is 12.1 Å². The number of nitrogens with zero attached hydrogens (tertiary/aromatic N) is 3. The third kappa shape index (κ3) is 3.83. The van der Waals surface area contributed by atoms with Gasteiger partial charge in [-0.15, -0.1) is 10.2 Å². The summed E-state index contributed by atoms with van der Waals surface area (Å²) in [5.74, 6) is 0.331. The van der Waals surface area contributed by atoms with Crippen molar-refractivity contribution in [3.8, 4) is 0 Å². The lowest BCUT2D eigenvalue weighted by Crippen LogP contribution is -2.44. The van der Waals surface area contributed by atoms with E-state index in [1.54, 1.807) is 0 Å². The second-order valence-electron chi connectivity index (χ2n) is 4.86. The summed E-state index contributed by atoms with van der Waals surface area (Å²) in [6.07, 6.45) is -4.45. The Morgan fingerprint density at radius 3 is 2.17 bits per heavy atom. The Morgan fingerprint density at radius 1 is 1.17 bits per heavy atom. The van der Waals surface area contributed by atoms with Crippen molar-refractivity contribution in [2.75, 3.05) is 26.0 Å². The summed E-state index contributed by atoms with van der Waals surface area (Å²) in [5, 5.41) is 9.61. The van der Waals surface area contributed by atoms with Crippen LogP contribution in [-0.2, 0) is 6.18 Å². The summed E-state index contributed by atoms with van der Waals surface area (Å²) >= 11 is 0. The lowest BCUT2D eigenvalue weighted by atomic mass is 10.0. The molecule has 4 nitrogen and oxygen atoms in total. The fourth-order valence-electron chi connectivity index (χ4n) is 1.04. The number of anilines is 1. The van der Waals surface area contributed by atoms with Gasteiger partial charge in [0, 0.05) is 12.1 Å². The Labute approximate surface area is 104 Å². The van der Waals surface area contributed by atoms with Crippen molar-refractivity contribution in [3.63, 3.8) is 0 Å². The average Bonchev–Trinajstić information content (AvgIpc) is 2.25. The second kappa shape index (κ2) is 5.09. The Balaban J connectivity index is 2.65. The highest BCUT2D eigenvalue weighted by Gasteiger charge is 2.32. The minimum atomic E-state index is -4.45. The lowest BCUT2D eigenvalue weighted by molar-refractivity contribution is -0.141. The molecular formula is C11H17F3N4. The van der Waals surface area contributed by atoms with Crippen molar-refractivity contribution in [1.29, 1.82) is 0 Å². The van der Waals surface area contributed by atoms with E-state index in [4.69, 9.17) is 0 Å². The van der Waals surface area contributed by atoms with E-state index in [9.17, 15) is 13.2 Å². The maximum absolute atomic E-state index is 12.3. The molecule has 1 heterocycles. The molecule has 0 aromatic carbocycles. The van der Waals surface area contributed by atoms with Crippen LogP contribution < -0.4 is 5.32 Å². The van der Waals surface area contributed by atoms with Crippen LogP contribution in [0.1, 0.15) is 19.5 Å². The maximum atomic E-state index is 12.3. The molecule has 0 radical (unpaired) electrons. The molecule has 18 heavy (non-hydrogen) atoms. The summed E-state index contributed by atoms with van der Waals surface area (Å²) < 4.78 is 36.8. The summed E-state index contributed by atoms with van der Waals surface area (Å²) in [6, 6.07) is 2.19. The van der Waals surface area contributed by atoms with Crippen LogP contribution in [-0.4, -0.2) is 41.3 Å². The van der Waals surface area contributed by atoms with Crippen molar-refractivity contribution in [2.24, 2.45) is 0 Å². The van der Waals surface area contributed by atoms with E-state index in [1.807, 2.05) is 32.8 Å². The molecule has 0 bridgehead atoms. The Bertz CT molecular complexity index is 384. The first-order valence-corrected chi connectivity index (χ1v) is 5.45. The van der Waals surface area contributed by atoms with E-state index in [1.165, 1.54) is 6.07 Å². The van der Waals surface area contributed by atoms with Crippen LogP contribution in [0.3, 0.4) is 0 Å². The van der Waals surface area contributed by atoms with Gasteiger partial charge in [-0.05, 0) is 40.1 Å². The molecule has 1 aromatic rings. The smallest absolute Gasteiger partial charge is 0.367 e. The molecule has 1 rings (SSSR count). The minimum absolute atomic E-state index is 0.135. The monoisotopic (exact) mass is 262 g/mol. The zero-order valence-corrected chi connectivity index (χ0v) is 10.8. The number of likely N-dealkylation sites (N-methyl/N-ethyl adjacent to an activating group) is 1. The van der Waals surface area contributed by atoms with Crippen LogP contribution in [0.5, 0.6) is 0 Å². The Morgan fingerprint density at radius 2 is 1.78 bits per heavy atom. The molecule has 0 spiro atoms. The van der Waals surface area contributed by atoms with Gasteiger partial charge >= 0.3 is 6.18 Å². The van der Waals surface area contributed by atoms with Crippen LogP contribution in [0.4, 0.5) is 19.0 Å². The molecular weight excluding hydrogens is 245 g/mol. The number of hydrogen-bond donors (Lipinski definition) is 1. The molecule has 0 aliphatic carbocycles. The van der Waals surface area contributed by atoms with E-state index in [0.717, 1.165) is 6.07 Å². The zero-order chi connectivity index (χ0) is 14.0. The highest BCUT2D eigenvalue weighted by atomic mass is 19.4. The van der Waals surface area contributed by atoms with E-state index in [0.29, 0.717) is 12.4 Å². The van der Waals surface area contributed by atoms with Gasteiger partial charge in [-0.25, -0.2) is 0 Å². The van der Waals surface area contributed by atoms with Crippen LogP contribution in [0, 0.1) is 0 Å². The first kappa shape index (κ1) is 14.7. The maximum Gasteiger partial charge on any atom is 0.435 e. The molecule has 0 saturated carbocycles. The predicted octanol–water partition coefficient (Wildman–Crippen LogP) is 2.25. The zero-order valence-electron chi connectivity index (χ0n) is 10.8. The molecule has 1 aromatic heterocycles. The average molecular weight is 262 g/mol. The van der Waals surface area contributed by atoms with Gasteiger partial charge in [0.2, 0.25) is 0 Å². The SMILES string of the molecule is CN(C)C(C)(C)CNc1ccc(C(F)(F)F)nn1. The summed E-state index contributed by atoms with van der Waals surface area (Å²) in [5.41, 5.74) is -1.12. The van der Waals surface area contributed by atoms with E-state index in [-0.39, 0.29) is 5.54 Å². The first-order chi connectivity index (χ1) is 8.13. The second-order valence-corrected chi connectivity index (χ2v) is 4.86. The molecule has 1 N–H and O–H groups in total. The Hall–Kier alpha value is -1.37. The van der Waals surface area contributed by atoms with Gasteiger partial charge in [0.05, 0.1) is 0 Å². The van der Waals surface area contributed by atoms with Crippen molar-refractivity contribution in [2.45, 2.75) is 25.6 Å². The molecule has 0 aliphatic rings. The molecule has 0 saturated heterocycles. The van der Waals surface area contributed by atoms with Gasteiger partial charge in [0.15, 0.2) is 5.69 Å². The summed E-state index contributed by atoms with van der Waals surface area (Å²) in [4.78, 5) is 2.01. The number of nitrogens with one attached hydrogen (secondary N) is 1. The number of aromatic nitrogens is 2. The van der Waals surface area contributed by atoms with Gasteiger partial charge in [-0.3, -0.25) is 0 Å². The van der Waals surface area contributed by atoms with Crippen molar-refractivity contribution in [1.82, 2.24) is 15.1 Å². The Kier molecular flexibility index (Phi) is 4.16. The van der Waals surface area contributed by atoms with Crippen LogP contribution >= 0.6 is 0 Å². The number of alkyl halides is 3. The van der Waals surface area contributed by atoms with Gasteiger partial charge in [0.1, 0.15) is 5.82 Å². The third-order valence-corrected chi connectivity index (χ3v) is 2.87. The molecule has 0 fully saturated rings. The molecule has 0 amide bonds. The normalized spacial score (nSPS) is 12.9. The van der Waals surface area contributed by atoms with Gasteiger partial charge in [-0.2, -0.15) is 13.2 Å². The highest BCUT2D eigenvalue weighted by Crippen LogP contribution is 2.27. The van der Waals surface area contributed by atoms with Crippen molar-refractivity contribution >= 4 is 5.82 Å². The van der Waals surface area contributed by atoms with E-state index in [2.05, 4.69) is 15.5 Å². The summed E-state index contributed by atoms with van der Waals surface area (Å²) in [7, 11) is 3.86.